The zero-order valence-corrected chi connectivity index (χ0v) is 24.1. The van der Waals surface area contributed by atoms with Gasteiger partial charge in [0.1, 0.15) is 17.2 Å². The Morgan fingerprint density at radius 3 is 1.50 bits per heavy atom. The van der Waals surface area contributed by atoms with Gasteiger partial charge in [0.05, 0.1) is 0 Å². The van der Waals surface area contributed by atoms with Crippen LogP contribution in [0.25, 0.3) is 10.8 Å². The molecule has 0 amide bonds. The van der Waals surface area contributed by atoms with E-state index in [-0.39, 0.29) is 31.9 Å². The number of hydrogen-bond donors (Lipinski definition) is 2. The third-order valence-corrected chi connectivity index (χ3v) is 8.65. The standard InChI is InChI=1S/C18H15P.C17H13NO2.Pd/c1-4-10-16(11-5-1)19(17-12-6-2-7-13-17)18-14-8-3-9-15-18;19-16-10-9-12-5-1-2-6-13(12)14(16)11-18-15-7-3-4-8-17(15)20;/h1-15H;1-11,19-20H;. The van der Waals surface area contributed by atoms with E-state index in [1.165, 1.54) is 15.9 Å². The topological polar surface area (TPSA) is 52.8 Å². The fourth-order valence-electron chi connectivity index (χ4n) is 4.31. The van der Waals surface area contributed by atoms with E-state index >= 15 is 0 Å². The van der Waals surface area contributed by atoms with Crippen molar-refractivity contribution < 1.29 is 30.6 Å². The Morgan fingerprint density at radius 2 is 0.950 bits per heavy atom. The van der Waals surface area contributed by atoms with Crippen molar-refractivity contribution in [2.24, 2.45) is 4.99 Å². The molecule has 6 rings (SSSR count). The van der Waals surface area contributed by atoms with Crippen LogP contribution in [0.3, 0.4) is 0 Å². The van der Waals surface area contributed by atoms with Gasteiger partial charge < -0.3 is 10.2 Å². The largest absolute Gasteiger partial charge is 0.507 e. The molecule has 0 radical (unpaired) electrons. The molecule has 0 saturated heterocycles. The zero-order chi connectivity index (χ0) is 26.9. The Bertz CT molecular complexity index is 1580. The van der Waals surface area contributed by atoms with Gasteiger partial charge in [-0.1, -0.05) is 133 Å². The van der Waals surface area contributed by atoms with Crippen molar-refractivity contribution in [3.05, 3.63) is 157 Å². The maximum atomic E-state index is 10.0. The van der Waals surface area contributed by atoms with E-state index < -0.39 is 7.92 Å². The Labute approximate surface area is 249 Å². The summed E-state index contributed by atoms with van der Waals surface area (Å²) in [6, 6.07) is 50.4. The molecule has 6 aromatic carbocycles. The number of hydrogen-bond acceptors (Lipinski definition) is 3. The Hall–Kier alpha value is -4.06. The number of fused-ring (bicyclic) bond motifs is 1. The molecule has 0 saturated carbocycles. The minimum atomic E-state index is -0.446. The molecule has 0 unspecified atom stereocenters. The SMILES string of the molecule is Oc1ccccc1N=Cc1c(O)ccc2ccccc12.[Pd].c1ccc(P(c2ccccc2)c2ccccc2)cc1. The molecule has 0 bridgehead atoms. The molecule has 0 fully saturated rings. The fourth-order valence-corrected chi connectivity index (χ4v) is 6.61. The van der Waals surface area contributed by atoms with Crippen LogP contribution in [-0.2, 0) is 20.4 Å². The van der Waals surface area contributed by atoms with Gasteiger partial charge in [-0.05, 0) is 52.8 Å². The first-order chi connectivity index (χ1) is 19.2. The molecular formula is C35H28NO2PPd. The van der Waals surface area contributed by atoms with Gasteiger partial charge in [-0.2, -0.15) is 0 Å². The van der Waals surface area contributed by atoms with Crippen molar-refractivity contribution in [1.82, 2.24) is 0 Å². The van der Waals surface area contributed by atoms with Crippen molar-refractivity contribution in [3.63, 3.8) is 0 Å². The van der Waals surface area contributed by atoms with E-state index in [0.717, 1.165) is 10.8 Å². The van der Waals surface area contributed by atoms with Gasteiger partial charge >= 0.3 is 0 Å². The molecule has 5 heteroatoms. The number of aromatic hydroxyl groups is 2. The average Bonchev–Trinajstić information content (AvgIpc) is 3.00. The van der Waals surface area contributed by atoms with Gasteiger partial charge in [0.2, 0.25) is 0 Å². The fraction of sp³-hybridized carbons (Fsp3) is 0. The molecule has 6 aromatic rings. The summed E-state index contributed by atoms with van der Waals surface area (Å²) in [4.78, 5) is 4.25. The molecule has 0 atom stereocenters. The predicted octanol–water partition coefficient (Wildman–Crippen LogP) is 7.44. The number of benzene rings is 6. The molecule has 200 valence electrons. The number of phenolic OH excluding ortho intramolecular Hbond substituents is 2. The van der Waals surface area contributed by atoms with E-state index in [9.17, 15) is 10.2 Å². The van der Waals surface area contributed by atoms with Gasteiger partial charge in [-0.3, -0.25) is 4.99 Å². The maximum Gasteiger partial charge on any atom is 0.141 e. The van der Waals surface area contributed by atoms with Crippen molar-refractivity contribution in [2.45, 2.75) is 0 Å². The molecule has 0 aliphatic rings. The summed E-state index contributed by atoms with van der Waals surface area (Å²) in [5.74, 6) is 0.284. The van der Waals surface area contributed by atoms with Gasteiger partial charge in [0.15, 0.2) is 0 Å². The van der Waals surface area contributed by atoms with Crippen molar-refractivity contribution in [1.29, 1.82) is 0 Å². The summed E-state index contributed by atoms with van der Waals surface area (Å²) in [7, 11) is -0.446. The van der Waals surface area contributed by atoms with Crippen LogP contribution in [0.15, 0.2) is 157 Å². The maximum absolute atomic E-state index is 10.0. The van der Waals surface area contributed by atoms with E-state index in [1.54, 1.807) is 36.5 Å². The molecule has 0 aliphatic heterocycles. The van der Waals surface area contributed by atoms with Crippen LogP contribution in [0.1, 0.15) is 5.56 Å². The van der Waals surface area contributed by atoms with Gasteiger partial charge in [-0.25, -0.2) is 0 Å². The summed E-state index contributed by atoms with van der Waals surface area (Å²) < 4.78 is 0. The first-order valence-corrected chi connectivity index (χ1v) is 14.0. The smallest absolute Gasteiger partial charge is 0.141 e. The third-order valence-electron chi connectivity index (χ3n) is 6.21. The van der Waals surface area contributed by atoms with E-state index in [1.807, 2.05) is 30.3 Å². The minimum absolute atomic E-state index is 0. The third kappa shape index (κ3) is 7.12. The first kappa shape index (κ1) is 28.9. The monoisotopic (exact) mass is 631 g/mol. The van der Waals surface area contributed by atoms with Gasteiger partial charge in [0, 0.05) is 32.2 Å². The Kier molecular flexibility index (Phi) is 10.4. The molecular weight excluding hydrogens is 604 g/mol. The molecule has 0 aliphatic carbocycles. The Morgan fingerprint density at radius 1 is 0.475 bits per heavy atom. The number of nitrogens with zero attached hydrogens (tertiary/aromatic N) is 1. The molecule has 0 aromatic heterocycles. The number of phenols is 2. The van der Waals surface area contributed by atoms with Crippen LogP contribution in [0.2, 0.25) is 0 Å². The molecule has 2 N–H and O–H groups in total. The summed E-state index contributed by atoms with van der Waals surface area (Å²) in [5, 5.41) is 25.8. The molecule has 0 heterocycles. The summed E-state index contributed by atoms with van der Waals surface area (Å²) in [6.45, 7) is 0. The second-order valence-electron chi connectivity index (χ2n) is 8.81. The number of para-hydroxylation sites is 2. The number of rotatable bonds is 5. The van der Waals surface area contributed by atoms with E-state index in [2.05, 4.69) is 96.0 Å². The van der Waals surface area contributed by atoms with Crippen LogP contribution in [-0.4, -0.2) is 16.4 Å². The minimum Gasteiger partial charge on any atom is -0.507 e. The van der Waals surface area contributed by atoms with Crippen LogP contribution in [0, 0.1) is 0 Å². The quantitative estimate of drug-likeness (QED) is 0.118. The van der Waals surface area contributed by atoms with Crippen LogP contribution < -0.4 is 15.9 Å². The molecule has 3 nitrogen and oxygen atoms in total. The van der Waals surface area contributed by atoms with Crippen molar-refractivity contribution in [3.8, 4) is 11.5 Å². The average molecular weight is 632 g/mol. The molecule has 40 heavy (non-hydrogen) atoms. The van der Waals surface area contributed by atoms with Gasteiger partial charge in [0.25, 0.3) is 0 Å². The van der Waals surface area contributed by atoms with Crippen molar-refractivity contribution in [2.75, 3.05) is 0 Å². The number of aliphatic imine (C=N–C) groups is 1. The summed E-state index contributed by atoms with van der Waals surface area (Å²) in [5.41, 5.74) is 1.12. The summed E-state index contributed by atoms with van der Waals surface area (Å²) in [6.07, 6.45) is 1.58. The normalized spacial score (nSPS) is 10.6. The second kappa shape index (κ2) is 14.4. The first-order valence-electron chi connectivity index (χ1n) is 12.7. The molecule has 0 spiro atoms. The predicted molar refractivity (Wildman–Crippen MR) is 166 cm³/mol. The van der Waals surface area contributed by atoms with Gasteiger partial charge in [-0.15, -0.1) is 0 Å². The van der Waals surface area contributed by atoms with Crippen LogP contribution in [0.4, 0.5) is 5.69 Å². The van der Waals surface area contributed by atoms with E-state index in [0.29, 0.717) is 11.3 Å². The van der Waals surface area contributed by atoms with Crippen LogP contribution in [0.5, 0.6) is 11.5 Å². The Balaban J connectivity index is 0.000000181. The zero-order valence-electron chi connectivity index (χ0n) is 21.6. The summed E-state index contributed by atoms with van der Waals surface area (Å²) >= 11 is 0. The van der Waals surface area contributed by atoms with E-state index in [4.69, 9.17) is 0 Å². The van der Waals surface area contributed by atoms with Crippen LogP contribution >= 0.6 is 7.92 Å². The van der Waals surface area contributed by atoms with Crippen molar-refractivity contribution >= 4 is 46.5 Å². The second-order valence-corrected chi connectivity index (χ2v) is 11.0.